The number of carbonyl (C=O) groups excluding carboxylic acids is 2. The van der Waals surface area contributed by atoms with Crippen LogP contribution in [-0.2, 0) is 32.6 Å². The average Bonchev–Trinajstić information content (AvgIpc) is 3.01. The highest BCUT2D eigenvalue weighted by Gasteiger charge is 2.34. The van der Waals surface area contributed by atoms with Crippen LogP contribution < -0.4 is 9.62 Å². The number of nitrogens with one attached hydrogen (secondary N) is 1. The Morgan fingerprint density at radius 2 is 1.42 bits per heavy atom. The van der Waals surface area contributed by atoms with E-state index in [1.165, 1.54) is 17.0 Å². The number of sulfonamides is 1. The van der Waals surface area contributed by atoms with Gasteiger partial charge in [-0.25, -0.2) is 8.42 Å². The predicted octanol–water partition coefficient (Wildman–Crippen LogP) is 5.67. The lowest BCUT2D eigenvalue weighted by Gasteiger charge is -2.34. The maximum absolute atomic E-state index is 14.5. The van der Waals surface area contributed by atoms with Gasteiger partial charge in [-0.15, -0.1) is 0 Å². The second-order valence-electron chi connectivity index (χ2n) is 10.6. The van der Waals surface area contributed by atoms with Crippen LogP contribution in [0, 0.1) is 13.8 Å². The zero-order chi connectivity index (χ0) is 30.8. The number of carbonyl (C=O) groups is 2. The molecule has 0 aromatic heterocycles. The quantitative estimate of drug-likeness (QED) is 0.215. The smallest absolute Gasteiger partial charge is 0.264 e. The fourth-order valence-electron chi connectivity index (χ4n) is 5.00. The van der Waals surface area contributed by atoms with E-state index in [0.717, 1.165) is 27.4 Å². The minimum atomic E-state index is -4.12. The molecule has 0 radical (unpaired) electrons. The van der Waals surface area contributed by atoms with Crippen molar-refractivity contribution in [2.45, 2.75) is 51.1 Å². The first-order valence-electron chi connectivity index (χ1n) is 14.5. The topological polar surface area (TPSA) is 86.8 Å². The summed E-state index contributed by atoms with van der Waals surface area (Å²) in [5.41, 5.74) is 3.89. The molecule has 7 nitrogen and oxygen atoms in total. The molecule has 0 aliphatic carbocycles. The Kier molecular flexibility index (Phi) is 10.7. The van der Waals surface area contributed by atoms with Crippen LogP contribution in [0.5, 0.6) is 0 Å². The van der Waals surface area contributed by atoms with Gasteiger partial charge < -0.3 is 10.2 Å². The number of amides is 2. The van der Waals surface area contributed by atoms with E-state index in [9.17, 15) is 18.0 Å². The van der Waals surface area contributed by atoms with Crippen molar-refractivity contribution in [1.29, 1.82) is 0 Å². The normalized spacial score (nSPS) is 11.9. The van der Waals surface area contributed by atoms with Gasteiger partial charge in [-0.3, -0.25) is 13.9 Å². The third-order valence-electron chi connectivity index (χ3n) is 7.25. The number of benzene rings is 4. The second-order valence-corrected chi connectivity index (χ2v) is 12.5. The summed E-state index contributed by atoms with van der Waals surface area (Å²) in [6.07, 6.45) is 1.02. The standard InChI is InChI=1S/C35H39N3O4S/c1-4-22-36-35(40)33(24-29-16-7-5-8-17-29)37(25-30-18-13-14-27(2)23-30)34(39)26-38(32-21-12-11-15-28(32)3)43(41,42)31-19-9-6-10-20-31/h5-21,23,33H,4,22,24-26H2,1-3H3,(H,36,40)/t33-/m1/s1. The average molecular weight is 598 g/mol. The third-order valence-corrected chi connectivity index (χ3v) is 9.02. The molecule has 0 aliphatic heterocycles. The summed E-state index contributed by atoms with van der Waals surface area (Å²) in [5, 5.41) is 2.97. The van der Waals surface area contributed by atoms with Crippen molar-refractivity contribution in [2.75, 3.05) is 17.4 Å². The first-order valence-corrected chi connectivity index (χ1v) is 15.9. The van der Waals surface area contributed by atoms with Crippen LogP contribution in [0.2, 0.25) is 0 Å². The fourth-order valence-corrected chi connectivity index (χ4v) is 6.50. The second kappa shape index (κ2) is 14.6. The van der Waals surface area contributed by atoms with Crippen LogP contribution in [0.25, 0.3) is 0 Å². The molecule has 0 spiro atoms. The van der Waals surface area contributed by atoms with Crippen LogP contribution in [0.15, 0.2) is 114 Å². The first kappa shape index (κ1) is 31.5. The first-order chi connectivity index (χ1) is 20.7. The molecule has 43 heavy (non-hydrogen) atoms. The molecule has 0 fully saturated rings. The number of hydrogen-bond donors (Lipinski definition) is 1. The Morgan fingerprint density at radius 1 is 0.791 bits per heavy atom. The molecule has 1 N–H and O–H groups in total. The molecule has 2 amide bonds. The Morgan fingerprint density at radius 3 is 2.07 bits per heavy atom. The molecule has 4 rings (SSSR count). The molecule has 4 aromatic carbocycles. The van der Waals surface area contributed by atoms with E-state index < -0.39 is 28.5 Å². The van der Waals surface area contributed by atoms with Gasteiger partial charge in [0.2, 0.25) is 11.8 Å². The van der Waals surface area contributed by atoms with E-state index in [4.69, 9.17) is 0 Å². The number of anilines is 1. The number of nitrogens with zero attached hydrogens (tertiary/aromatic N) is 2. The summed E-state index contributed by atoms with van der Waals surface area (Å²) in [6.45, 7) is 5.89. The lowest BCUT2D eigenvalue weighted by molar-refractivity contribution is -0.140. The largest absolute Gasteiger partial charge is 0.354 e. The van der Waals surface area contributed by atoms with Crippen molar-refractivity contribution in [3.05, 3.63) is 131 Å². The summed E-state index contributed by atoms with van der Waals surface area (Å²) >= 11 is 0. The third kappa shape index (κ3) is 8.11. The molecule has 4 aromatic rings. The van der Waals surface area contributed by atoms with Gasteiger partial charge >= 0.3 is 0 Å². The van der Waals surface area contributed by atoms with Gasteiger partial charge in [-0.2, -0.15) is 0 Å². The Labute approximate surface area is 255 Å². The minimum Gasteiger partial charge on any atom is -0.354 e. The fraction of sp³-hybridized carbons (Fsp3) is 0.257. The monoisotopic (exact) mass is 597 g/mol. The number of hydrogen-bond acceptors (Lipinski definition) is 4. The highest BCUT2D eigenvalue weighted by molar-refractivity contribution is 7.92. The van der Waals surface area contributed by atoms with Crippen molar-refractivity contribution in [1.82, 2.24) is 10.2 Å². The molecule has 0 saturated heterocycles. The van der Waals surface area contributed by atoms with Crippen LogP contribution >= 0.6 is 0 Å². The lowest BCUT2D eigenvalue weighted by Crippen LogP contribution is -2.53. The van der Waals surface area contributed by atoms with Gasteiger partial charge in [0.1, 0.15) is 12.6 Å². The van der Waals surface area contributed by atoms with Gasteiger partial charge in [0, 0.05) is 19.5 Å². The van der Waals surface area contributed by atoms with Crippen LogP contribution in [0.4, 0.5) is 5.69 Å². The number of rotatable bonds is 13. The Balaban J connectivity index is 1.80. The van der Waals surface area contributed by atoms with Crippen molar-refractivity contribution in [3.8, 4) is 0 Å². The summed E-state index contributed by atoms with van der Waals surface area (Å²) in [6, 6.07) is 31.6. The van der Waals surface area contributed by atoms with Gasteiger partial charge in [0.15, 0.2) is 0 Å². The van der Waals surface area contributed by atoms with Crippen molar-refractivity contribution in [3.63, 3.8) is 0 Å². The molecule has 1 atom stereocenters. The zero-order valence-corrected chi connectivity index (χ0v) is 25.8. The Bertz CT molecular complexity index is 1630. The van der Waals surface area contributed by atoms with Crippen molar-refractivity contribution < 1.29 is 18.0 Å². The molecular formula is C35H39N3O4S. The molecule has 0 bridgehead atoms. The van der Waals surface area contributed by atoms with E-state index in [1.807, 2.05) is 87.5 Å². The summed E-state index contributed by atoms with van der Waals surface area (Å²) in [7, 11) is -4.12. The summed E-state index contributed by atoms with van der Waals surface area (Å²) in [5.74, 6) is -0.753. The highest BCUT2D eigenvalue weighted by Crippen LogP contribution is 2.27. The van der Waals surface area contributed by atoms with E-state index >= 15 is 0 Å². The molecule has 0 heterocycles. The highest BCUT2D eigenvalue weighted by atomic mass is 32.2. The maximum Gasteiger partial charge on any atom is 0.264 e. The van der Waals surface area contributed by atoms with E-state index in [-0.39, 0.29) is 23.8 Å². The molecule has 8 heteroatoms. The zero-order valence-electron chi connectivity index (χ0n) is 24.9. The van der Waals surface area contributed by atoms with Gasteiger partial charge in [0.25, 0.3) is 10.0 Å². The SMILES string of the molecule is CCCNC(=O)[C@@H](Cc1ccccc1)N(Cc1cccc(C)c1)C(=O)CN(c1ccccc1C)S(=O)(=O)c1ccccc1. The minimum absolute atomic E-state index is 0.0813. The van der Waals surface area contributed by atoms with Crippen molar-refractivity contribution in [2.24, 2.45) is 0 Å². The maximum atomic E-state index is 14.5. The number of aryl methyl sites for hydroxylation is 2. The van der Waals surface area contributed by atoms with Gasteiger partial charge in [-0.1, -0.05) is 103 Å². The molecular weight excluding hydrogens is 558 g/mol. The summed E-state index contributed by atoms with van der Waals surface area (Å²) < 4.78 is 29.3. The molecule has 224 valence electrons. The van der Waals surface area contributed by atoms with Crippen LogP contribution in [0.3, 0.4) is 0 Å². The predicted molar refractivity (Wildman–Crippen MR) is 171 cm³/mol. The van der Waals surface area contributed by atoms with Gasteiger partial charge in [0.05, 0.1) is 10.6 Å². The van der Waals surface area contributed by atoms with Crippen LogP contribution in [-0.4, -0.2) is 44.3 Å². The molecule has 0 aliphatic rings. The van der Waals surface area contributed by atoms with E-state index in [2.05, 4.69) is 5.32 Å². The number of para-hydroxylation sites is 1. The van der Waals surface area contributed by atoms with Crippen molar-refractivity contribution >= 4 is 27.5 Å². The molecule has 0 unspecified atom stereocenters. The summed E-state index contributed by atoms with van der Waals surface area (Å²) in [4.78, 5) is 29.8. The Hall–Kier alpha value is -4.43. The van der Waals surface area contributed by atoms with E-state index in [1.54, 1.807) is 30.3 Å². The van der Waals surface area contributed by atoms with E-state index in [0.29, 0.717) is 17.8 Å². The molecule has 0 saturated carbocycles. The van der Waals surface area contributed by atoms with Crippen LogP contribution in [0.1, 0.15) is 35.6 Å². The van der Waals surface area contributed by atoms with Gasteiger partial charge in [-0.05, 0) is 55.2 Å². The lowest BCUT2D eigenvalue weighted by atomic mass is 10.0.